The number of nitrogens with one attached hydrogen (secondary N) is 1. The fourth-order valence-corrected chi connectivity index (χ4v) is 4.39. The summed E-state index contributed by atoms with van der Waals surface area (Å²) in [6, 6.07) is 13.5. The second-order valence-electron chi connectivity index (χ2n) is 6.63. The molecule has 6 heteroatoms. The summed E-state index contributed by atoms with van der Waals surface area (Å²) < 4.78 is 40.6. The quantitative estimate of drug-likeness (QED) is 0.874. The van der Waals surface area contributed by atoms with Gasteiger partial charge in [-0.15, -0.1) is 0 Å². The van der Waals surface area contributed by atoms with Crippen LogP contribution in [0.5, 0.6) is 0 Å². The van der Waals surface area contributed by atoms with Crippen LogP contribution in [0.4, 0.5) is 4.39 Å². The normalized spacial score (nSPS) is 17.8. The minimum absolute atomic E-state index is 0.255. The molecular formula is C20H21FN2O2S. The molecule has 26 heavy (non-hydrogen) atoms. The first-order valence-electron chi connectivity index (χ1n) is 8.41. The van der Waals surface area contributed by atoms with Crippen molar-refractivity contribution in [1.29, 1.82) is 0 Å². The zero-order valence-electron chi connectivity index (χ0n) is 15.0. The van der Waals surface area contributed by atoms with Crippen LogP contribution in [0.25, 0.3) is 4.91 Å². The van der Waals surface area contributed by atoms with E-state index in [1.165, 1.54) is 12.1 Å². The number of halogens is 1. The van der Waals surface area contributed by atoms with Gasteiger partial charge in [-0.2, -0.15) is 0 Å². The fourth-order valence-electron chi connectivity index (χ4n) is 2.87. The molecule has 0 saturated carbocycles. The van der Waals surface area contributed by atoms with Crippen LogP contribution in [0.3, 0.4) is 0 Å². The van der Waals surface area contributed by atoms with Crippen molar-refractivity contribution in [1.82, 2.24) is 4.72 Å². The summed E-state index contributed by atoms with van der Waals surface area (Å²) >= 11 is 0. The number of aliphatic imine (C=N–C) groups is 1. The van der Waals surface area contributed by atoms with Gasteiger partial charge in [-0.1, -0.05) is 50.2 Å². The summed E-state index contributed by atoms with van der Waals surface area (Å²) in [4.78, 5) is 4.62. The molecule has 0 aromatic heterocycles. The SMILES string of the molecule is CC1=C(c2ccc(C(C)C)cc2)S(=O)(=O)NC1=NCc1ccc(F)cc1. The molecule has 1 N–H and O–H groups in total. The maximum atomic E-state index is 13.0. The zero-order chi connectivity index (χ0) is 18.9. The van der Waals surface area contributed by atoms with E-state index in [0.717, 1.165) is 11.1 Å². The molecule has 0 radical (unpaired) electrons. The van der Waals surface area contributed by atoms with Crippen LogP contribution >= 0.6 is 0 Å². The van der Waals surface area contributed by atoms with Crippen LogP contribution in [0, 0.1) is 5.82 Å². The van der Waals surface area contributed by atoms with Crippen LogP contribution in [0.15, 0.2) is 59.1 Å². The number of amidine groups is 1. The van der Waals surface area contributed by atoms with E-state index in [1.54, 1.807) is 19.1 Å². The first kappa shape index (κ1) is 18.3. The Morgan fingerprint density at radius 2 is 1.65 bits per heavy atom. The number of nitrogens with zero attached hydrogens (tertiary/aromatic N) is 1. The first-order chi connectivity index (χ1) is 12.3. The highest BCUT2D eigenvalue weighted by atomic mass is 32.2. The molecule has 4 nitrogen and oxygen atoms in total. The Morgan fingerprint density at radius 1 is 1.04 bits per heavy atom. The van der Waals surface area contributed by atoms with Gasteiger partial charge in [0.15, 0.2) is 0 Å². The lowest BCUT2D eigenvalue weighted by Crippen LogP contribution is -2.23. The molecule has 0 aliphatic carbocycles. The Labute approximate surface area is 153 Å². The molecule has 0 spiro atoms. The second-order valence-corrected chi connectivity index (χ2v) is 8.25. The third-order valence-electron chi connectivity index (χ3n) is 4.37. The zero-order valence-corrected chi connectivity index (χ0v) is 15.8. The minimum atomic E-state index is -3.64. The Kier molecular flexibility index (Phi) is 4.96. The molecule has 0 bridgehead atoms. The van der Waals surface area contributed by atoms with Crippen molar-refractivity contribution >= 4 is 20.8 Å². The summed E-state index contributed by atoms with van der Waals surface area (Å²) in [6.07, 6.45) is 0. The van der Waals surface area contributed by atoms with Crippen LogP contribution in [-0.2, 0) is 16.6 Å². The smallest absolute Gasteiger partial charge is 0.263 e. The lowest BCUT2D eigenvalue weighted by atomic mass is 10.0. The minimum Gasteiger partial charge on any atom is -0.263 e. The number of benzene rings is 2. The lowest BCUT2D eigenvalue weighted by molar-refractivity contribution is 0.603. The number of hydrogen-bond acceptors (Lipinski definition) is 3. The van der Waals surface area contributed by atoms with Gasteiger partial charge < -0.3 is 0 Å². The largest absolute Gasteiger partial charge is 0.264 e. The first-order valence-corrected chi connectivity index (χ1v) is 9.89. The molecule has 0 unspecified atom stereocenters. The van der Waals surface area contributed by atoms with E-state index in [-0.39, 0.29) is 17.3 Å². The summed E-state index contributed by atoms with van der Waals surface area (Å²) in [5, 5.41) is 0. The maximum absolute atomic E-state index is 13.0. The van der Waals surface area contributed by atoms with Gasteiger partial charge in [-0.25, -0.2) is 12.8 Å². The van der Waals surface area contributed by atoms with E-state index in [4.69, 9.17) is 0 Å². The van der Waals surface area contributed by atoms with E-state index < -0.39 is 10.0 Å². The molecule has 1 aliphatic heterocycles. The second kappa shape index (κ2) is 7.03. The molecule has 0 amide bonds. The number of sulfonamides is 1. The van der Waals surface area contributed by atoms with Gasteiger partial charge in [0.2, 0.25) is 0 Å². The summed E-state index contributed by atoms with van der Waals surface area (Å²) in [5.41, 5.74) is 3.19. The predicted octanol–water partition coefficient (Wildman–Crippen LogP) is 4.21. The Morgan fingerprint density at radius 3 is 2.23 bits per heavy atom. The van der Waals surface area contributed by atoms with Crippen LogP contribution in [0.1, 0.15) is 43.4 Å². The van der Waals surface area contributed by atoms with Crippen molar-refractivity contribution in [2.75, 3.05) is 0 Å². The van der Waals surface area contributed by atoms with E-state index in [0.29, 0.717) is 22.9 Å². The number of rotatable bonds is 4. The molecule has 136 valence electrons. The highest BCUT2D eigenvalue weighted by Crippen LogP contribution is 2.30. The summed E-state index contributed by atoms with van der Waals surface area (Å²) in [7, 11) is -3.64. The van der Waals surface area contributed by atoms with Crippen molar-refractivity contribution in [3.63, 3.8) is 0 Å². The Balaban J connectivity index is 1.93. The third-order valence-corrected chi connectivity index (χ3v) is 5.91. The summed E-state index contributed by atoms with van der Waals surface area (Å²) in [6.45, 7) is 6.20. The molecule has 1 heterocycles. The molecule has 0 fully saturated rings. The molecule has 2 aromatic carbocycles. The Hall–Kier alpha value is -2.47. The van der Waals surface area contributed by atoms with Gasteiger partial charge in [0, 0.05) is 5.57 Å². The van der Waals surface area contributed by atoms with E-state index in [1.807, 2.05) is 24.3 Å². The monoisotopic (exact) mass is 372 g/mol. The van der Waals surface area contributed by atoms with Crippen molar-refractivity contribution in [2.24, 2.45) is 4.99 Å². The lowest BCUT2D eigenvalue weighted by Gasteiger charge is -2.07. The van der Waals surface area contributed by atoms with Crippen LogP contribution in [-0.4, -0.2) is 14.3 Å². The predicted molar refractivity (Wildman–Crippen MR) is 103 cm³/mol. The number of hydrogen-bond donors (Lipinski definition) is 1. The van der Waals surface area contributed by atoms with E-state index in [2.05, 4.69) is 23.6 Å². The van der Waals surface area contributed by atoms with Crippen LogP contribution in [0.2, 0.25) is 0 Å². The Bertz CT molecular complexity index is 973. The topological polar surface area (TPSA) is 58.5 Å². The van der Waals surface area contributed by atoms with Crippen molar-refractivity contribution < 1.29 is 12.8 Å². The van der Waals surface area contributed by atoms with Gasteiger partial charge >= 0.3 is 0 Å². The van der Waals surface area contributed by atoms with Crippen molar-refractivity contribution in [2.45, 2.75) is 33.2 Å². The molecule has 0 saturated heterocycles. The average molecular weight is 372 g/mol. The van der Waals surface area contributed by atoms with Gasteiger partial charge in [0.05, 0.1) is 6.54 Å². The van der Waals surface area contributed by atoms with Gasteiger partial charge in [-0.05, 0) is 41.7 Å². The summed E-state index contributed by atoms with van der Waals surface area (Å²) in [5.74, 6) is 0.397. The maximum Gasteiger partial charge on any atom is 0.264 e. The highest BCUT2D eigenvalue weighted by Gasteiger charge is 2.32. The van der Waals surface area contributed by atoms with Crippen LogP contribution < -0.4 is 4.72 Å². The molecular weight excluding hydrogens is 351 g/mol. The standard InChI is InChI=1S/C20H21FN2O2S/c1-13(2)16-6-8-17(9-7-16)19-14(3)20(23-26(19,24)25)22-12-15-4-10-18(21)11-5-15/h4-11,13H,12H2,1-3H3,(H,22,23). The molecule has 1 aliphatic rings. The van der Waals surface area contributed by atoms with Crippen molar-refractivity contribution in [3.05, 3.63) is 76.6 Å². The molecule has 3 rings (SSSR count). The van der Waals surface area contributed by atoms with Crippen molar-refractivity contribution in [3.8, 4) is 0 Å². The van der Waals surface area contributed by atoms with Gasteiger partial charge in [-0.3, -0.25) is 9.71 Å². The van der Waals surface area contributed by atoms with Gasteiger partial charge in [0.25, 0.3) is 10.0 Å². The molecule has 0 atom stereocenters. The fraction of sp³-hybridized carbons (Fsp3) is 0.250. The third kappa shape index (κ3) is 3.70. The highest BCUT2D eigenvalue weighted by molar-refractivity contribution is 8.00. The van der Waals surface area contributed by atoms with E-state index >= 15 is 0 Å². The average Bonchev–Trinajstić information content (AvgIpc) is 2.83. The molecule has 2 aromatic rings. The van der Waals surface area contributed by atoms with Gasteiger partial charge in [0.1, 0.15) is 16.6 Å². The van der Waals surface area contributed by atoms with E-state index in [9.17, 15) is 12.8 Å².